The van der Waals surface area contributed by atoms with Gasteiger partial charge in [0.1, 0.15) is 5.75 Å². The topological polar surface area (TPSA) is 84.3 Å². The molecule has 2 N–H and O–H groups in total. The van der Waals surface area contributed by atoms with E-state index < -0.39 is 5.97 Å². The van der Waals surface area contributed by atoms with E-state index in [1.807, 2.05) is 67.3 Å². The molecule has 1 fully saturated rings. The number of amides is 1. The van der Waals surface area contributed by atoms with Crippen LogP contribution in [0.5, 0.6) is 5.75 Å². The Kier molecular flexibility index (Phi) is 9.04. The number of benzene rings is 3. The van der Waals surface area contributed by atoms with Crippen molar-refractivity contribution in [3.8, 4) is 5.75 Å². The number of aromatic hydroxyl groups is 1. The van der Waals surface area contributed by atoms with Crippen molar-refractivity contribution in [3.63, 3.8) is 0 Å². The van der Waals surface area contributed by atoms with Gasteiger partial charge in [0.15, 0.2) is 0 Å². The number of carbonyl (C=O) groups excluding carboxylic acids is 1. The van der Waals surface area contributed by atoms with E-state index in [1.165, 1.54) is 0 Å². The van der Waals surface area contributed by atoms with Crippen LogP contribution in [0.3, 0.4) is 0 Å². The molecule has 3 aromatic carbocycles. The van der Waals surface area contributed by atoms with Crippen LogP contribution >= 0.6 is 0 Å². The lowest BCUT2D eigenvalue weighted by atomic mass is 9.92. The predicted octanol–water partition coefficient (Wildman–Crippen LogP) is 5.26. The summed E-state index contributed by atoms with van der Waals surface area (Å²) >= 11 is 0. The number of aromatic carboxylic acids is 1. The largest absolute Gasteiger partial charge is 0.508 e. The smallest absolute Gasteiger partial charge is 0.335 e. The third-order valence-corrected chi connectivity index (χ3v) is 7.76. The van der Waals surface area contributed by atoms with Crippen molar-refractivity contribution in [1.82, 2.24) is 14.7 Å². The minimum absolute atomic E-state index is 0.0306. The fourth-order valence-corrected chi connectivity index (χ4v) is 5.61. The van der Waals surface area contributed by atoms with E-state index in [4.69, 9.17) is 0 Å². The Morgan fingerprint density at radius 2 is 1.56 bits per heavy atom. The summed E-state index contributed by atoms with van der Waals surface area (Å²) in [6.07, 6.45) is 0. The second kappa shape index (κ2) is 12.5. The van der Waals surface area contributed by atoms with E-state index in [0.717, 1.165) is 29.8 Å². The summed E-state index contributed by atoms with van der Waals surface area (Å²) in [7, 11) is 0. The highest BCUT2D eigenvalue weighted by atomic mass is 16.4. The van der Waals surface area contributed by atoms with Crippen molar-refractivity contribution >= 4 is 11.9 Å². The molecular formula is C32H39N3O4. The maximum atomic E-state index is 12.9. The maximum absolute atomic E-state index is 12.9. The average molecular weight is 530 g/mol. The number of carbonyl (C=O) groups is 2. The number of hydrogen-bond acceptors (Lipinski definition) is 5. The molecule has 0 aromatic heterocycles. The summed E-state index contributed by atoms with van der Waals surface area (Å²) in [6, 6.07) is 22.8. The van der Waals surface area contributed by atoms with Crippen molar-refractivity contribution in [2.45, 2.75) is 52.4 Å². The van der Waals surface area contributed by atoms with Gasteiger partial charge in [-0.15, -0.1) is 0 Å². The number of piperazine rings is 1. The summed E-state index contributed by atoms with van der Waals surface area (Å²) in [4.78, 5) is 31.0. The van der Waals surface area contributed by atoms with E-state index in [1.54, 1.807) is 24.3 Å². The number of nitrogens with zero attached hydrogens (tertiary/aromatic N) is 3. The molecule has 0 bridgehead atoms. The molecule has 1 heterocycles. The van der Waals surface area contributed by atoms with E-state index in [-0.39, 0.29) is 29.8 Å². The molecule has 0 spiro atoms. The highest BCUT2D eigenvalue weighted by molar-refractivity contribution is 5.94. The standard InChI is InChI=1S/C32H39N3O4/c1-5-33(6-2)31(37)26-15-13-25(14-16-26)30(27-10-8-12-29(36)18-27)35-20-22(3)34(19-23(35)4)21-24-9-7-11-28(17-24)32(38)39/h7-18,22-23,30,36H,5-6,19-21H2,1-4H3,(H,38,39)/t22-,23+,30-/m1/s1. The first-order chi connectivity index (χ1) is 18.7. The molecule has 4 rings (SSSR count). The zero-order valence-electron chi connectivity index (χ0n) is 23.2. The van der Waals surface area contributed by atoms with Crippen LogP contribution in [0.4, 0.5) is 0 Å². The van der Waals surface area contributed by atoms with Gasteiger partial charge < -0.3 is 15.1 Å². The van der Waals surface area contributed by atoms with Crippen LogP contribution in [-0.4, -0.2) is 75.1 Å². The first-order valence-electron chi connectivity index (χ1n) is 13.7. The quantitative estimate of drug-likeness (QED) is 0.394. The molecular weight excluding hydrogens is 490 g/mol. The number of hydrogen-bond donors (Lipinski definition) is 2. The molecule has 1 aliphatic heterocycles. The minimum atomic E-state index is -0.915. The lowest BCUT2D eigenvalue weighted by Gasteiger charge is -2.47. The van der Waals surface area contributed by atoms with E-state index in [2.05, 4.69) is 23.6 Å². The molecule has 7 heteroatoms. The lowest BCUT2D eigenvalue weighted by Crippen LogP contribution is -2.56. The van der Waals surface area contributed by atoms with Crippen LogP contribution < -0.4 is 0 Å². The molecule has 39 heavy (non-hydrogen) atoms. The van der Waals surface area contributed by atoms with Crippen LogP contribution in [0.15, 0.2) is 72.8 Å². The summed E-state index contributed by atoms with van der Waals surface area (Å²) in [6.45, 7) is 12.0. The van der Waals surface area contributed by atoms with E-state index in [9.17, 15) is 19.8 Å². The summed E-state index contributed by atoms with van der Waals surface area (Å²) < 4.78 is 0. The molecule has 3 aromatic rings. The van der Waals surface area contributed by atoms with Gasteiger partial charge in [0, 0.05) is 50.4 Å². The number of phenols is 1. The van der Waals surface area contributed by atoms with Crippen LogP contribution in [0.1, 0.15) is 71.1 Å². The third kappa shape index (κ3) is 6.49. The SMILES string of the molecule is CCN(CC)C(=O)c1ccc([C@H](c2cccc(O)c2)N2C[C@@H](C)N(Cc3cccc(C(=O)O)c3)C[C@@H]2C)cc1. The summed E-state index contributed by atoms with van der Waals surface area (Å²) in [5, 5.41) is 19.7. The molecule has 1 saturated heterocycles. The van der Waals surface area contributed by atoms with Crippen LogP contribution in [0.2, 0.25) is 0 Å². The van der Waals surface area contributed by atoms with Crippen molar-refractivity contribution < 1.29 is 19.8 Å². The van der Waals surface area contributed by atoms with Gasteiger partial charge in [-0.25, -0.2) is 4.79 Å². The molecule has 1 aliphatic rings. The number of rotatable bonds is 9. The van der Waals surface area contributed by atoms with E-state index in [0.29, 0.717) is 30.8 Å². The van der Waals surface area contributed by atoms with Gasteiger partial charge in [0.2, 0.25) is 0 Å². The second-order valence-corrected chi connectivity index (χ2v) is 10.4. The van der Waals surface area contributed by atoms with Crippen molar-refractivity contribution in [2.24, 2.45) is 0 Å². The molecule has 0 radical (unpaired) electrons. The molecule has 0 aliphatic carbocycles. The molecule has 3 atom stereocenters. The summed E-state index contributed by atoms with van der Waals surface area (Å²) in [5.41, 5.74) is 4.03. The Bertz CT molecular complexity index is 1290. The first-order valence-corrected chi connectivity index (χ1v) is 13.7. The van der Waals surface area contributed by atoms with Crippen molar-refractivity contribution in [2.75, 3.05) is 26.2 Å². The predicted molar refractivity (Wildman–Crippen MR) is 153 cm³/mol. The number of phenolic OH excluding ortho intramolecular Hbond substituents is 1. The monoisotopic (exact) mass is 529 g/mol. The van der Waals surface area contributed by atoms with Gasteiger partial charge in [-0.2, -0.15) is 0 Å². The Labute approximate surface area is 231 Å². The Morgan fingerprint density at radius 1 is 0.872 bits per heavy atom. The number of carboxylic acid groups (broad SMARTS) is 1. The van der Waals surface area contributed by atoms with Crippen LogP contribution in [0, 0.1) is 0 Å². The molecule has 0 saturated carbocycles. The first kappa shape index (κ1) is 28.3. The van der Waals surface area contributed by atoms with Gasteiger partial charge in [-0.1, -0.05) is 36.4 Å². The molecule has 206 valence electrons. The normalized spacial score (nSPS) is 19.0. The Balaban J connectivity index is 1.60. The van der Waals surface area contributed by atoms with Gasteiger partial charge in [-0.05, 0) is 80.8 Å². The van der Waals surface area contributed by atoms with Crippen LogP contribution in [-0.2, 0) is 6.54 Å². The van der Waals surface area contributed by atoms with Gasteiger partial charge in [0.05, 0.1) is 11.6 Å². The molecule has 1 amide bonds. The fraction of sp³-hybridized carbons (Fsp3) is 0.375. The van der Waals surface area contributed by atoms with Gasteiger partial charge in [0.25, 0.3) is 5.91 Å². The van der Waals surface area contributed by atoms with Gasteiger partial charge >= 0.3 is 5.97 Å². The average Bonchev–Trinajstić information content (AvgIpc) is 2.92. The van der Waals surface area contributed by atoms with Crippen molar-refractivity contribution in [3.05, 3.63) is 101 Å². The third-order valence-electron chi connectivity index (χ3n) is 7.76. The lowest BCUT2D eigenvalue weighted by molar-refractivity contribution is 0.0195. The van der Waals surface area contributed by atoms with Gasteiger partial charge in [-0.3, -0.25) is 14.6 Å². The zero-order valence-corrected chi connectivity index (χ0v) is 23.2. The van der Waals surface area contributed by atoms with Crippen molar-refractivity contribution in [1.29, 1.82) is 0 Å². The minimum Gasteiger partial charge on any atom is -0.508 e. The number of carboxylic acids is 1. The Morgan fingerprint density at radius 3 is 2.21 bits per heavy atom. The van der Waals surface area contributed by atoms with Crippen LogP contribution in [0.25, 0.3) is 0 Å². The fourth-order valence-electron chi connectivity index (χ4n) is 5.61. The second-order valence-electron chi connectivity index (χ2n) is 10.4. The molecule has 0 unspecified atom stereocenters. The highest BCUT2D eigenvalue weighted by Gasteiger charge is 2.35. The molecule has 7 nitrogen and oxygen atoms in total. The Hall–Kier alpha value is -3.68. The summed E-state index contributed by atoms with van der Waals surface area (Å²) in [5.74, 6) is -0.659. The maximum Gasteiger partial charge on any atom is 0.335 e. The highest BCUT2D eigenvalue weighted by Crippen LogP contribution is 2.35. The zero-order chi connectivity index (χ0) is 28.1. The van der Waals surface area contributed by atoms with E-state index >= 15 is 0 Å².